The first-order valence-electron chi connectivity index (χ1n) is 5.69. The van der Waals surface area contributed by atoms with Crippen molar-refractivity contribution in [2.24, 2.45) is 0 Å². The average Bonchev–Trinajstić information content (AvgIpc) is 2.68. The van der Waals surface area contributed by atoms with Crippen LogP contribution >= 0.6 is 0 Å². The zero-order valence-corrected chi connectivity index (χ0v) is 9.90. The van der Waals surface area contributed by atoms with Gasteiger partial charge in [0, 0.05) is 6.20 Å². The lowest BCUT2D eigenvalue weighted by Crippen LogP contribution is -2.01. The van der Waals surface area contributed by atoms with E-state index in [1.54, 1.807) is 0 Å². The maximum Gasteiger partial charge on any atom is 0.0656 e. The Hall–Kier alpha value is -1.31. The van der Waals surface area contributed by atoms with Gasteiger partial charge in [0.05, 0.1) is 12.7 Å². The van der Waals surface area contributed by atoms with Crippen molar-refractivity contribution in [3.05, 3.63) is 41.8 Å². The van der Waals surface area contributed by atoms with E-state index in [-0.39, 0.29) is 0 Å². The molecule has 1 aromatic heterocycles. The fraction of sp³-hybridized carbons (Fsp3) is 0.462. The second-order valence-corrected chi connectivity index (χ2v) is 3.47. The molecule has 0 fully saturated rings. The summed E-state index contributed by atoms with van der Waals surface area (Å²) < 4.78 is 1.98. The highest BCUT2D eigenvalue weighted by Gasteiger charge is 1.99. The van der Waals surface area contributed by atoms with E-state index in [1.807, 2.05) is 24.7 Å². The van der Waals surface area contributed by atoms with E-state index >= 15 is 0 Å². The third kappa shape index (κ3) is 3.74. The lowest BCUT2D eigenvalue weighted by atomic mass is 10.1. The van der Waals surface area contributed by atoms with Crippen molar-refractivity contribution in [1.29, 1.82) is 0 Å². The molecule has 0 spiro atoms. The van der Waals surface area contributed by atoms with Crippen molar-refractivity contribution < 1.29 is 0 Å². The summed E-state index contributed by atoms with van der Waals surface area (Å²) in [5, 5.41) is 4.25. The quantitative estimate of drug-likeness (QED) is 0.721. The van der Waals surface area contributed by atoms with Crippen LogP contribution < -0.4 is 0 Å². The largest absolute Gasteiger partial charge is 0.268 e. The summed E-state index contributed by atoms with van der Waals surface area (Å²) >= 11 is 0. The summed E-state index contributed by atoms with van der Waals surface area (Å²) in [7, 11) is 0. The van der Waals surface area contributed by atoms with Gasteiger partial charge in [-0.1, -0.05) is 32.1 Å². The highest BCUT2D eigenvalue weighted by molar-refractivity contribution is 5.22. The highest BCUT2D eigenvalue weighted by atomic mass is 15.3. The van der Waals surface area contributed by atoms with Crippen molar-refractivity contribution in [1.82, 2.24) is 9.78 Å². The molecular weight excluding hydrogens is 184 g/mol. The lowest BCUT2D eigenvalue weighted by Gasteiger charge is -2.06. The van der Waals surface area contributed by atoms with Gasteiger partial charge < -0.3 is 0 Å². The molecule has 1 aliphatic rings. The monoisotopic (exact) mass is 204 g/mol. The van der Waals surface area contributed by atoms with Crippen LogP contribution in [0.5, 0.6) is 0 Å². The minimum atomic E-state index is 0.907. The predicted molar refractivity (Wildman–Crippen MR) is 64.8 cm³/mol. The van der Waals surface area contributed by atoms with E-state index in [1.165, 1.54) is 24.0 Å². The molecule has 15 heavy (non-hydrogen) atoms. The fourth-order valence-electron chi connectivity index (χ4n) is 1.53. The molecule has 0 radical (unpaired) electrons. The average molecular weight is 204 g/mol. The van der Waals surface area contributed by atoms with Crippen molar-refractivity contribution >= 4 is 0 Å². The second kappa shape index (κ2) is 6.23. The van der Waals surface area contributed by atoms with Crippen LogP contribution in [0.3, 0.4) is 0 Å². The first-order valence-corrected chi connectivity index (χ1v) is 5.69. The van der Waals surface area contributed by atoms with Crippen LogP contribution in [0.4, 0.5) is 0 Å². The van der Waals surface area contributed by atoms with Gasteiger partial charge in [-0.15, -0.1) is 0 Å². The van der Waals surface area contributed by atoms with Gasteiger partial charge in [-0.2, -0.15) is 5.10 Å². The van der Waals surface area contributed by atoms with E-state index in [0.717, 1.165) is 6.54 Å². The van der Waals surface area contributed by atoms with Crippen LogP contribution in [-0.2, 0) is 6.54 Å². The van der Waals surface area contributed by atoms with Gasteiger partial charge in [0.25, 0.3) is 0 Å². The molecule has 0 unspecified atom stereocenters. The molecule has 2 nitrogen and oxygen atoms in total. The van der Waals surface area contributed by atoms with Crippen LogP contribution in [0.1, 0.15) is 32.3 Å². The number of nitrogens with zero attached hydrogens (tertiary/aromatic N) is 2. The summed E-state index contributed by atoms with van der Waals surface area (Å²) in [6.45, 7) is 6.97. The maximum absolute atomic E-state index is 4.25. The molecule has 0 aliphatic heterocycles. The molecule has 0 atom stereocenters. The van der Waals surface area contributed by atoms with Crippen LogP contribution in [0.2, 0.25) is 0 Å². The molecule has 1 aromatic rings. The fourth-order valence-corrected chi connectivity index (χ4v) is 1.53. The lowest BCUT2D eigenvalue weighted by molar-refractivity contribution is 0.680. The number of allylic oxidation sites excluding steroid dienone is 4. The molecule has 0 saturated heterocycles. The molecule has 2 rings (SSSR count). The maximum atomic E-state index is 4.25. The predicted octanol–water partition coefficient (Wildman–Crippen LogP) is 3.49. The summed E-state index contributed by atoms with van der Waals surface area (Å²) in [5.74, 6) is 0. The van der Waals surface area contributed by atoms with Gasteiger partial charge in [-0.25, -0.2) is 0 Å². The van der Waals surface area contributed by atoms with Crippen LogP contribution in [-0.4, -0.2) is 9.78 Å². The van der Waals surface area contributed by atoms with Gasteiger partial charge in [-0.3, -0.25) is 4.68 Å². The Morgan fingerprint density at radius 1 is 1.33 bits per heavy atom. The van der Waals surface area contributed by atoms with Crippen molar-refractivity contribution in [2.75, 3.05) is 0 Å². The topological polar surface area (TPSA) is 17.8 Å². The van der Waals surface area contributed by atoms with Crippen LogP contribution in [0, 0.1) is 6.92 Å². The van der Waals surface area contributed by atoms with Gasteiger partial charge in [-0.05, 0) is 30.9 Å². The Kier molecular flexibility index (Phi) is 4.88. The van der Waals surface area contributed by atoms with Crippen LogP contribution in [0.25, 0.3) is 0 Å². The van der Waals surface area contributed by atoms with Gasteiger partial charge in [0.2, 0.25) is 0 Å². The number of aryl methyl sites for hydroxylation is 1. The first kappa shape index (κ1) is 11.8. The van der Waals surface area contributed by atoms with Crippen molar-refractivity contribution in [3.8, 4) is 0 Å². The van der Waals surface area contributed by atoms with E-state index in [2.05, 4.69) is 36.4 Å². The molecule has 1 heterocycles. The third-order valence-corrected chi connectivity index (χ3v) is 2.18. The molecule has 0 bridgehead atoms. The van der Waals surface area contributed by atoms with E-state index < -0.39 is 0 Å². The van der Waals surface area contributed by atoms with Gasteiger partial charge >= 0.3 is 0 Å². The Labute approximate surface area is 92.3 Å². The SMILES string of the molecule is CC.Cc1cnn(CC2=CCCC=C2)c1. The summed E-state index contributed by atoms with van der Waals surface area (Å²) in [4.78, 5) is 0. The summed E-state index contributed by atoms with van der Waals surface area (Å²) in [5.41, 5.74) is 2.59. The third-order valence-electron chi connectivity index (χ3n) is 2.18. The number of aromatic nitrogens is 2. The van der Waals surface area contributed by atoms with Crippen molar-refractivity contribution in [2.45, 2.75) is 40.2 Å². The van der Waals surface area contributed by atoms with E-state index in [9.17, 15) is 0 Å². The molecule has 0 N–H and O–H groups in total. The van der Waals surface area contributed by atoms with Gasteiger partial charge in [0.1, 0.15) is 0 Å². The van der Waals surface area contributed by atoms with Gasteiger partial charge in [0.15, 0.2) is 0 Å². The molecule has 2 heteroatoms. The zero-order chi connectivity index (χ0) is 11.1. The standard InChI is InChI=1S/C11H14N2.C2H6/c1-10-7-12-13(8-10)9-11-5-3-2-4-6-11;1-2/h3,5-8H,2,4,9H2,1H3;1-2H3. The number of rotatable bonds is 2. The number of hydrogen-bond acceptors (Lipinski definition) is 1. The molecular formula is C13H20N2. The first-order chi connectivity index (χ1) is 7.34. The Morgan fingerprint density at radius 2 is 2.13 bits per heavy atom. The minimum absolute atomic E-state index is 0.907. The minimum Gasteiger partial charge on any atom is -0.268 e. The zero-order valence-electron chi connectivity index (χ0n) is 9.90. The molecule has 0 aromatic carbocycles. The number of hydrogen-bond donors (Lipinski definition) is 0. The highest BCUT2D eigenvalue weighted by Crippen LogP contribution is 2.11. The van der Waals surface area contributed by atoms with E-state index in [4.69, 9.17) is 0 Å². The normalized spacial score (nSPS) is 14.2. The molecule has 0 amide bonds. The van der Waals surface area contributed by atoms with E-state index in [0.29, 0.717) is 0 Å². The summed E-state index contributed by atoms with van der Waals surface area (Å²) in [6, 6.07) is 0. The smallest absolute Gasteiger partial charge is 0.0656 e. The Balaban J connectivity index is 0.000000531. The van der Waals surface area contributed by atoms with Crippen molar-refractivity contribution in [3.63, 3.8) is 0 Å². The van der Waals surface area contributed by atoms with Crippen LogP contribution in [0.15, 0.2) is 36.2 Å². The second-order valence-electron chi connectivity index (χ2n) is 3.47. The Morgan fingerprint density at radius 3 is 2.67 bits per heavy atom. The molecule has 1 aliphatic carbocycles. The Bertz CT molecular complexity index is 345. The molecule has 0 saturated carbocycles. The summed E-state index contributed by atoms with van der Waals surface area (Å²) in [6.07, 6.45) is 13.0. The molecule has 82 valence electrons.